The van der Waals surface area contributed by atoms with Crippen LogP contribution in [0.1, 0.15) is 40.2 Å². The zero-order chi connectivity index (χ0) is 17.6. The fourth-order valence-electron chi connectivity index (χ4n) is 2.35. The van der Waals surface area contributed by atoms with Crippen molar-refractivity contribution in [3.63, 3.8) is 0 Å². The van der Waals surface area contributed by atoms with Crippen LogP contribution in [0.2, 0.25) is 13.1 Å². The highest BCUT2D eigenvalue weighted by atomic mass is 28.4. The summed E-state index contributed by atoms with van der Waals surface area (Å²) in [6.45, 7) is 19.4. The van der Waals surface area contributed by atoms with Gasteiger partial charge in [0.2, 0.25) is 0 Å². The molecule has 3 nitrogen and oxygen atoms in total. The van der Waals surface area contributed by atoms with Crippen LogP contribution in [0.15, 0.2) is 30.8 Å². The molecule has 0 aliphatic heterocycles. The van der Waals surface area contributed by atoms with Gasteiger partial charge in [0.05, 0.1) is 8.80 Å². The van der Waals surface area contributed by atoms with E-state index in [1.165, 1.54) is 10.8 Å². The molecule has 0 fully saturated rings. The molecule has 5 heteroatoms. The van der Waals surface area contributed by atoms with E-state index in [4.69, 9.17) is 13.3 Å². The topological polar surface area (TPSA) is 27.7 Å². The van der Waals surface area contributed by atoms with Crippen molar-refractivity contribution < 1.29 is 13.3 Å². The third-order valence-corrected chi connectivity index (χ3v) is 8.42. The van der Waals surface area contributed by atoms with Gasteiger partial charge in [-0.25, -0.2) is 0 Å². The molecule has 1 aromatic carbocycles. The van der Waals surface area contributed by atoms with Crippen LogP contribution in [0.5, 0.6) is 0 Å². The van der Waals surface area contributed by atoms with Crippen molar-refractivity contribution in [2.75, 3.05) is 6.61 Å². The van der Waals surface area contributed by atoms with Crippen molar-refractivity contribution in [1.29, 1.82) is 0 Å². The summed E-state index contributed by atoms with van der Waals surface area (Å²) in [5.74, 6) is 0. The van der Waals surface area contributed by atoms with Crippen molar-refractivity contribution in [3.05, 3.63) is 36.4 Å². The van der Waals surface area contributed by atoms with Crippen molar-refractivity contribution in [3.8, 4) is 0 Å². The van der Waals surface area contributed by atoms with Crippen LogP contribution < -0.4 is 5.19 Å². The number of hydrogen-bond acceptors (Lipinski definition) is 3. The molecule has 0 atom stereocenters. The highest BCUT2D eigenvalue weighted by molar-refractivity contribution is 6.77. The summed E-state index contributed by atoms with van der Waals surface area (Å²) in [7, 11) is -3.79. The number of rotatable bonds is 9. The SMILES string of the molecule is C=C(c1ccc([Si](OCC)(OC(C)C)OC(C)C)cc1)[SiH](C)C. The van der Waals surface area contributed by atoms with Gasteiger partial charge in [-0.15, -0.1) is 0 Å². The van der Waals surface area contributed by atoms with Crippen LogP contribution in [-0.4, -0.2) is 36.4 Å². The van der Waals surface area contributed by atoms with Gasteiger partial charge in [0.15, 0.2) is 0 Å². The van der Waals surface area contributed by atoms with Gasteiger partial charge < -0.3 is 13.3 Å². The molecule has 0 unspecified atom stereocenters. The van der Waals surface area contributed by atoms with E-state index in [0.717, 1.165) is 5.19 Å². The molecule has 0 aliphatic rings. The average Bonchev–Trinajstić information content (AvgIpc) is 2.45. The molecule has 0 heterocycles. The highest BCUT2D eigenvalue weighted by Gasteiger charge is 2.45. The Morgan fingerprint density at radius 1 is 1.04 bits per heavy atom. The van der Waals surface area contributed by atoms with E-state index in [9.17, 15) is 0 Å². The quantitative estimate of drug-likeness (QED) is 0.633. The minimum absolute atomic E-state index is 0.0460. The minimum Gasteiger partial charge on any atom is -0.370 e. The number of hydrogen-bond donors (Lipinski definition) is 0. The molecule has 0 saturated carbocycles. The van der Waals surface area contributed by atoms with Gasteiger partial charge in [-0.2, -0.15) is 0 Å². The lowest BCUT2D eigenvalue weighted by Gasteiger charge is -2.33. The smallest absolute Gasteiger partial charge is 0.370 e. The van der Waals surface area contributed by atoms with E-state index in [1.54, 1.807) is 0 Å². The van der Waals surface area contributed by atoms with Gasteiger partial charge in [-0.3, -0.25) is 0 Å². The Morgan fingerprint density at radius 2 is 1.52 bits per heavy atom. The second kappa shape index (κ2) is 8.94. The van der Waals surface area contributed by atoms with Gasteiger partial charge in [-0.1, -0.05) is 49.1 Å². The average molecular weight is 353 g/mol. The molecule has 0 radical (unpaired) electrons. The van der Waals surface area contributed by atoms with Crippen molar-refractivity contribution in [1.82, 2.24) is 0 Å². The van der Waals surface area contributed by atoms with E-state index < -0.39 is 17.6 Å². The Kier molecular flexibility index (Phi) is 7.90. The Hall–Kier alpha value is -0.726. The lowest BCUT2D eigenvalue weighted by molar-refractivity contribution is 0.0348. The summed E-state index contributed by atoms with van der Waals surface area (Å²) in [4.78, 5) is 0. The molecular weight excluding hydrogens is 320 g/mol. The van der Waals surface area contributed by atoms with Crippen molar-refractivity contribution in [2.45, 2.75) is 59.9 Å². The molecule has 0 spiro atoms. The first-order chi connectivity index (χ1) is 10.7. The summed E-state index contributed by atoms with van der Waals surface area (Å²) >= 11 is 0. The van der Waals surface area contributed by atoms with E-state index in [1.807, 2.05) is 34.6 Å². The summed E-state index contributed by atoms with van der Waals surface area (Å²) in [6, 6.07) is 8.42. The first-order valence-electron chi connectivity index (χ1n) is 8.51. The molecule has 0 saturated heterocycles. The van der Waals surface area contributed by atoms with Gasteiger partial charge in [-0.05, 0) is 40.2 Å². The van der Waals surface area contributed by atoms with Gasteiger partial charge in [0.25, 0.3) is 0 Å². The molecule has 0 aliphatic carbocycles. The highest BCUT2D eigenvalue weighted by Crippen LogP contribution is 2.19. The van der Waals surface area contributed by atoms with E-state index in [-0.39, 0.29) is 12.2 Å². The van der Waals surface area contributed by atoms with Gasteiger partial charge >= 0.3 is 8.80 Å². The third kappa shape index (κ3) is 5.69. The fourth-order valence-corrected chi connectivity index (χ4v) is 6.03. The Labute approximate surface area is 144 Å². The van der Waals surface area contributed by atoms with Gasteiger partial charge in [0.1, 0.15) is 0 Å². The first-order valence-corrected chi connectivity index (χ1v) is 13.1. The van der Waals surface area contributed by atoms with Crippen LogP contribution in [0.3, 0.4) is 0 Å². The lowest BCUT2D eigenvalue weighted by Crippen LogP contribution is -2.59. The third-order valence-electron chi connectivity index (χ3n) is 3.42. The fraction of sp³-hybridized carbons (Fsp3) is 0.556. The zero-order valence-corrected chi connectivity index (χ0v) is 17.8. The van der Waals surface area contributed by atoms with Crippen molar-refractivity contribution in [2.24, 2.45) is 0 Å². The molecule has 1 rings (SSSR count). The van der Waals surface area contributed by atoms with Crippen LogP contribution in [0.25, 0.3) is 5.20 Å². The predicted octanol–water partition coefficient (Wildman–Crippen LogP) is 3.76. The predicted molar refractivity (Wildman–Crippen MR) is 104 cm³/mol. The standard InChI is InChI=1S/C18H32O3Si2/c1-9-19-23(20-14(2)3,21-15(4)5)18-12-10-17(11-13-18)16(6)22(7)8/h10-15,22H,6,9H2,1-5,7-8H3. The zero-order valence-electron chi connectivity index (χ0n) is 15.7. The summed E-state index contributed by atoms with van der Waals surface area (Å²) in [5, 5.41) is 2.29. The van der Waals surface area contributed by atoms with Crippen LogP contribution in [-0.2, 0) is 13.3 Å². The summed E-state index contributed by atoms with van der Waals surface area (Å²) in [5.41, 5.74) is 1.21. The Bertz CT molecular complexity index is 485. The van der Waals surface area contributed by atoms with Crippen LogP contribution in [0, 0.1) is 0 Å². The van der Waals surface area contributed by atoms with E-state index in [2.05, 4.69) is 43.9 Å². The largest absolute Gasteiger partial charge is 0.537 e. The lowest BCUT2D eigenvalue weighted by atomic mass is 10.2. The van der Waals surface area contributed by atoms with Crippen LogP contribution in [0.4, 0.5) is 0 Å². The second-order valence-electron chi connectivity index (χ2n) is 6.58. The molecule has 0 bridgehead atoms. The summed E-state index contributed by atoms with van der Waals surface area (Å²) in [6.07, 6.45) is 0.0920. The minimum atomic E-state index is -2.90. The Balaban J connectivity index is 3.21. The molecule has 1 aromatic rings. The second-order valence-corrected chi connectivity index (χ2v) is 12.0. The molecule has 23 heavy (non-hydrogen) atoms. The maximum absolute atomic E-state index is 6.20. The van der Waals surface area contributed by atoms with E-state index in [0.29, 0.717) is 6.61 Å². The normalized spacial score (nSPS) is 12.4. The molecule has 0 N–H and O–H groups in total. The maximum atomic E-state index is 6.20. The monoisotopic (exact) mass is 352 g/mol. The molecule has 130 valence electrons. The molecule has 0 aromatic heterocycles. The first kappa shape index (κ1) is 20.3. The maximum Gasteiger partial charge on any atom is 0.537 e. The number of benzene rings is 1. The molecule has 0 amide bonds. The van der Waals surface area contributed by atoms with Crippen LogP contribution >= 0.6 is 0 Å². The van der Waals surface area contributed by atoms with Crippen molar-refractivity contribution >= 4 is 28.0 Å². The molecular formula is C18H32O3Si2. The Morgan fingerprint density at radius 3 is 1.87 bits per heavy atom. The summed E-state index contributed by atoms with van der Waals surface area (Å²) < 4.78 is 18.5. The van der Waals surface area contributed by atoms with Gasteiger partial charge in [0, 0.05) is 24.0 Å². The van der Waals surface area contributed by atoms with E-state index >= 15 is 0 Å².